The number of esters is 1. The van der Waals surface area contributed by atoms with E-state index in [9.17, 15) is 14.4 Å². The Balaban J connectivity index is 2.42. The molecular weight excluding hydrogens is 290 g/mol. The zero-order valence-corrected chi connectivity index (χ0v) is 12.5. The van der Waals surface area contributed by atoms with Crippen molar-refractivity contribution in [1.82, 2.24) is 5.32 Å². The van der Waals surface area contributed by atoms with Crippen LogP contribution in [0, 0.1) is 0 Å². The third-order valence-corrected chi connectivity index (χ3v) is 2.52. The summed E-state index contributed by atoms with van der Waals surface area (Å²) in [6.07, 6.45) is -1.32. The maximum absolute atomic E-state index is 11.9. The molecule has 0 saturated carbocycles. The summed E-state index contributed by atoms with van der Waals surface area (Å²) in [5.41, 5.74) is 0. The van der Waals surface area contributed by atoms with E-state index in [-0.39, 0.29) is 6.61 Å². The lowest BCUT2D eigenvalue weighted by Crippen LogP contribution is -2.37. The molecule has 7 nitrogen and oxygen atoms in total. The van der Waals surface area contributed by atoms with Gasteiger partial charge in [-0.15, -0.1) is 0 Å². The number of alkyl carbamates (subject to hydrolysis) is 1. The second-order valence-corrected chi connectivity index (χ2v) is 4.20. The summed E-state index contributed by atoms with van der Waals surface area (Å²) in [5.74, 6) is -0.908. The Kier molecular flexibility index (Phi) is 7.45. The minimum atomic E-state index is -0.879. The summed E-state index contributed by atoms with van der Waals surface area (Å²) in [7, 11) is 0. The van der Waals surface area contributed by atoms with Crippen LogP contribution in [0.15, 0.2) is 30.3 Å². The molecule has 1 aromatic rings. The van der Waals surface area contributed by atoms with Crippen LogP contribution in [0.4, 0.5) is 4.79 Å². The van der Waals surface area contributed by atoms with E-state index in [2.05, 4.69) is 4.74 Å². The van der Waals surface area contributed by atoms with E-state index in [1.807, 2.05) is 11.4 Å². The highest BCUT2D eigenvalue weighted by atomic mass is 16.6. The molecule has 0 aliphatic carbocycles. The Morgan fingerprint density at radius 2 is 1.77 bits per heavy atom. The number of hydrogen-bond donors (Lipinski definition) is 1. The second kappa shape index (κ2) is 9.38. The summed E-state index contributed by atoms with van der Waals surface area (Å²) in [6.45, 7) is 2.93. The molecule has 120 valence electrons. The minimum Gasteiger partial charge on any atom is -0.479 e. The highest BCUT2D eigenvalue weighted by Gasteiger charge is 2.21. The predicted octanol–water partition coefficient (Wildman–Crippen LogP) is 1.66. The first-order valence-corrected chi connectivity index (χ1v) is 6.91. The molecular formula is C15H19NO6. The average molecular weight is 309 g/mol. The van der Waals surface area contributed by atoms with E-state index < -0.39 is 30.7 Å². The van der Waals surface area contributed by atoms with E-state index >= 15 is 0 Å². The van der Waals surface area contributed by atoms with Gasteiger partial charge < -0.3 is 14.2 Å². The monoisotopic (exact) mass is 309 g/mol. The Morgan fingerprint density at radius 1 is 1.09 bits per heavy atom. The molecule has 0 aliphatic heterocycles. The number of carbonyl (C=O) groups is 3. The minimum absolute atomic E-state index is 0.141. The Labute approximate surface area is 128 Å². The number of imide groups is 1. The van der Waals surface area contributed by atoms with Crippen molar-refractivity contribution in [2.75, 3.05) is 13.2 Å². The molecule has 0 spiro atoms. The van der Waals surface area contributed by atoms with Gasteiger partial charge in [0.05, 0.1) is 6.61 Å². The molecule has 0 heterocycles. The lowest BCUT2D eigenvalue weighted by molar-refractivity contribution is -0.155. The van der Waals surface area contributed by atoms with Gasteiger partial charge in [0.15, 0.2) is 12.7 Å². The molecule has 0 bridgehead atoms. The smallest absolute Gasteiger partial charge is 0.413 e. The van der Waals surface area contributed by atoms with Crippen LogP contribution in [0.1, 0.15) is 20.3 Å². The third kappa shape index (κ3) is 6.25. The second-order valence-electron chi connectivity index (χ2n) is 4.20. The van der Waals surface area contributed by atoms with Gasteiger partial charge in [0, 0.05) is 0 Å². The number of carbonyl (C=O) groups excluding carboxylic acids is 3. The van der Waals surface area contributed by atoms with Gasteiger partial charge in [0.1, 0.15) is 5.75 Å². The van der Waals surface area contributed by atoms with Crippen LogP contribution < -0.4 is 10.1 Å². The summed E-state index contributed by atoms with van der Waals surface area (Å²) >= 11 is 0. The van der Waals surface area contributed by atoms with Crippen molar-refractivity contribution in [1.29, 1.82) is 0 Å². The molecule has 0 unspecified atom stereocenters. The van der Waals surface area contributed by atoms with E-state index in [0.29, 0.717) is 12.2 Å². The molecule has 0 saturated heterocycles. The molecule has 1 rings (SSSR count). The molecule has 0 aromatic heterocycles. The molecule has 0 aliphatic rings. The topological polar surface area (TPSA) is 90.9 Å². The van der Waals surface area contributed by atoms with E-state index in [1.165, 1.54) is 0 Å². The van der Waals surface area contributed by atoms with Crippen LogP contribution in [0.5, 0.6) is 5.75 Å². The van der Waals surface area contributed by atoms with Crippen LogP contribution in [0.25, 0.3) is 0 Å². The van der Waals surface area contributed by atoms with Crippen molar-refractivity contribution < 1.29 is 28.6 Å². The highest BCUT2D eigenvalue weighted by Crippen LogP contribution is 2.13. The summed E-state index contributed by atoms with van der Waals surface area (Å²) in [5, 5.41) is 1.92. The number of ether oxygens (including phenoxy) is 3. The largest absolute Gasteiger partial charge is 0.479 e. The van der Waals surface area contributed by atoms with Gasteiger partial charge in [-0.3, -0.25) is 10.1 Å². The van der Waals surface area contributed by atoms with Crippen LogP contribution in [-0.4, -0.2) is 37.3 Å². The Bertz CT molecular complexity index is 502. The van der Waals surface area contributed by atoms with Gasteiger partial charge in [-0.05, 0) is 25.5 Å². The van der Waals surface area contributed by atoms with Gasteiger partial charge >= 0.3 is 12.1 Å². The Hall–Kier alpha value is -2.57. The van der Waals surface area contributed by atoms with Crippen LogP contribution in [-0.2, 0) is 19.1 Å². The summed E-state index contributed by atoms with van der Waals surface area (Å²) in [4.78, 5) is 34.2. The maximum atomic E-state index is 11.9. The number of hydrogen-bond acceptors (Lipinski definition) is 6. The summed E-state index contributed by atoms with van der Waals surface area (Å²) in [6, 6.07) is 8.80. The number of benzene rings is 1. The van der Waals surface area contributed by atoms with Crippen molar-refractivity contribution in [3.8, 4) is 5.75 Å². The van der Waals surface area contributed by atoms with Crippen molar-refractivity contribution in [3.63, 3.8) is 0 Å². The first-order chi connectivity index (χ1) is 10.6. The maximum Gasteiger partial charge on any atom is 0.413 e. The fraction of sp³-hybridized carbons (Fsp3) is 0.400. The van der Waals surface area contributed by atoms with Crippen molar-refractivity contribution in [2.45, 2.75) is 26.4 Å². The standard InChI is InChI=1S/C15H19NO6/c1-3-12(22-11-8-6-5-7-9-11)14(18)21-10-13(17)16-15(19)20-4-2/h5-9,12H,3-4,10H2,1-2H3,(H,16,17,19)/t12-/m1/s1. The van der Waals surface area contributed by atoms with Crippen LogP contribution >= 0.6 is 0 Å². The third-order valence-electron chi connectivity index (χ3n) is 2.52. The predicted molar refractivity (Wildman–Crippen MR) is 77.3 cm³/mol. The van der Waals surface area contributed by atoms with Gasteiger partial charge in [-0.25, -0.2) is 9.59 Å². The molecule has 0 fully saturated rings. The molecule has 1 atom stereocenters. The molecule has 7 heteroatoms. The van der Waals surface area contributed by atoms with Gasteiger partial charge in [0.25, 0.3) is 5.91 Å². The molecule has 22 heavy (non-hydrogen) atoms. The van der Waals surface area contributed by atoms with Crippen LogP contribution in [0.3, 0.4) is 0 Å². The lowest BCUT2D eigenvalue weighted by atomic mass is 10.2. The fourth-order valence-electron chi connectivity index (χ4n) is 1.51. The van der Waals surface area contributed by atoms with Crippen molar-refractivity contribution in [3.05, 3.63) is 30.3 Å². The zero-order valence-electron chi connectivity index (χ0n) is 12.5. The molecule has 2 amide bonds. The molecule has 1 N–H and O–H groups in total. The Morgan fingerprint density at radius 3 is 2.36 bits per heavy atom. The van der Waals surface area contributed by atoms with Gasteiger partial charge in [-0.2, -0.15) is 0 Å². The van der Waals surface area contributed by atoms with Gasteiger partial charge in [-0.1, -0.05) is 25.1 Å². The van der Waals surface area contributed by atoms with E-state index in [4.69, 9.17) is 9.47 Å². The normalized spacial score (nSPS) is 11.2. The quantitative estimate of drug-likeness (QED) is 0.770. The highest BCUT2D eigenvalue weighted by molar-refractivity contribution is 5.93. The van der Waals surface area contributed by atoms with Crippen molar-refractivity contribution in [2.24, 2.45) is 0 Å². The number of rotatable bonds is 7. The number of para-hydroxylation sites is 1. The van der Waals surface area contributed by atoms with Crippen molar-refractivity contribution >= 4 is 18.0 Å². The molecule has 0 radical (unpaired) electrons. The average Bonchev–Trinajstić information content (AvgIpc) is 2.51. The summed E-state index contributed by atoms with van der Waals surface area (Å²) < 4.78 is 14.8. The number of amides is 2. The first-order valence-electron chi connectivity index (χ1n) is 6.91. The lowest BCUT2D eigenvalue weighted by Gasteiger charge is -2.16. The zero-order chi connectivity index (χ0) is 16.4. The number of nitrogens with one attached hydrogen (secondary N) is 1. The van der Waals surface area contributed by atoms with Gasteiger partial charge in [0.2, 0.25) is 0 Å². The first kappa shape index (κ1) is 17.5. The van der Waals surface area contributed by atoms with Crippen LogP contribution in [0.2, 0.25) is 0 Å². The fourth-order valence-corrected chi connectivity index (χ4v) is 1.51. The molecule has 1 aromatic carbocycles. The van der Waals surface area contributed by atoms with E-state index in [1.54, 1.807) is 38.1 Å². The van der Waals surface area contributed by atoms with E-state index in [0.717, 1.165) is 0 Å². The SMILES string of the molecule is CCOC(=O)NC(=O)COC(=O)[C@@H](CC)Oc1ccccc1.